The van der Waals surface area contributed by atoms with Crippen LogP contribution in [0.5, 0.6) is 0 Å². The first-order valence-corrected chi connectivity index (χ1v) is 9.69. The van der Waals surface area contributed by atoms with Gasteiger partial charge in [-0.3, -0.25) is 14.2 Å². The second kappa shape index (κ2) is 8.03. The molecule has 29 heavy (non-hydrogen) atoms. The summed E-state index contributed by atoms with van der Waals surface area (Å²) in [5, 5.41) is 3.96. The lowest BCUT2D eigenvalue weighted by Crippen LogP contribution is -2.24. The first kappa shape index (κ1) is 19.1. The highest BCUT2D eigenvalue weighted by Gasteiger charge is 2.11. The summed E-state index contributed by atoms with van der Waals surface area (Å²) < 4.78 is 1.71. The molecule has 0 aliphatic heterocycles. The number of carbonyl (C=O) groups is 1. The van der Waals surface area contributed by atoms with Crippen LogP contribution in [0.3, 0.4) is 0 Å². The van der Waals surface area contributed by atoms with Gasteiger partial charge in [-0.1, -0.05) is 41.9 Å². The number of H-pyrrole nitrogens is 1. The number of halogens is 1. The molecule has 0 aliphatic carbocycles. The van der Waals surface area contributed by atoms with Crippen LogP contribution < -0.4 is 10.9 Å². The van der Waals surface area contributed by atoms with Crippen molar-refractivity contribution in [1.29, 1.82) is 0 Å². The SMILES string of the molecule is O=C(NCc1ccc(Cl)cc1)c1ccc2c(=O)n(-c3ccccc3)c(=S)[nH]c2c1. The van der Waals surface area contributed by atoms with E-state index in [0.717, 1.165) is 5.56 Å². The molecule has 144 valence electrons. The zero-order chi connectivity index (χ0) is 20.4. The van der Waals surface area contributed by atoms with E-state index in [1.165, 1.54) is 4.57 Å². The molecule has 4 rings (SSSR count). The summed E-state index contributed by atoms with van der Waals surface area (Å²) in [6.45, 7) is 0.375. The predicted octanol–water partition coefficient (Wildman–Crippen LogP) is 4.63. The van der Waals surface area contributed by atoms with Crippen molar-refractivity contribution in [3.05, 3.63) is 104 Å². The van der Waals surface area contributed by atoms with E-state index >= 15 is 0 Å². The number of nitrogens with one attached hydrogen (secondary N) is 2. The van der Waals surface area contributed by atoms with Crippen molar-refractivity contribution in [3.63, 3.8) is 0 Å². The van der Waals surface area contributed by atoms with Crippen LogP contribution in [0.2, 0.25) is 5.02 Å². The molecule has 4 aromatic rings. The first-order valence-electron chi connectivity index (χ1n) is 8.90. The van der Waals surface area contributed by atoms with Gasteiger partial charge in [-0.15, -0.1) is 0 Å². The summed E-state index contributed by atoms with van der Waals surface area (Å²) in [6.07, 6.45) is 0. The Morgan fingerprint density at radius 1 is 1.03 bits per heavy atom. The zero-order valence-electron chi connectivity index (χ0n) is 15.2. The van der Waals surface area contributed by atoms with E-state index in [-0.39, 0.29) is 16.2 Å². The third-order valence-corrected chi connectivity index (χ3v) is 5.08. The van der Waals surface area contributed by atoms with Gasteiger partial charge in [0.1, 0.15) is 0 Å². The molecule has 0 radical (unpaired) electrons. The summed E-state index contributed by atoms with van der Waals surface area (Å²) in [5.41, 5.74) is 2.35. The van der Waals surface area contributed by atoms with Crippen molar-refractivity contribution in [2.75, 3.05) is 0 Å². The van der Waals surface area contributed by atoms with Gasteiger partial charge in [-0.25, -0.2) is 0 Å². The number of hydrogen-bond acceptors (Lipinski definition) is 3. The van der Waals surface area contributed by atoms with Gasteiger partial charge in [0.2, 0.25) is 0 Å². The molecule has 0 unspecified atom stereocenters. The van der Waals surface area contributed by atoms with Crippen LogP contribution in [-0.4, -0.2) is 15.5 Å². The van der Waals surface area contributed by atoms with Crippen LogP contribution >= 0.6 is 23.8 Å². The third kappa shape index (κ3) is 3.99. The standard InChI is InChI=1S/C22H16ClN3O2S/c23-16-9-6-14(7-10-16)13-24-20(27)15-8-11-18-19(12-15)25-22(29)26(21(18)28)17-4-2-1-3-5-17/h1-12H,13H2,(H,24,27)(H,25,29). The quantitative estimate of drug-likeness (QED) is 0.472. The second-order valence-corrected chi connectivity index (χ2v) is 7.30. The number of amides is 1. The van der Waals surface area contributed by atoms with Crippen LogP contribution in [-0.2, 0) is 6.54 Å². The van der Waals surface area contributed by atoms with Crippen molar-refractivity contribution < 1.29 is 4.79 Å². The highest BCUT2D eigenvalue weighted by Crippen LogP contribution is 2.14. The van der Waals surface area contributed by atoms with E-state index in [1.54, 1.807) is 30.3 Å². The van der Waals surface area contributed by atoms with Crippen LogP contribution in [0.4, 0.5) is 0 Å². The maximum Gasteiger partial charge on any atom is 0.266 e. The average molecular weight is 422 g/mol. The van der Waals surface area contributed by atoms with E-state index in [4.69, 9.17) is 23.8 Å². The van der Waals surface area contributed by atoms with Gasteiger partial charge in [0.05, 0.1) is 16.6 Å². The van der Waals surface area contributed by atoms with Gasteiger partial charge < -0.3 is 10.3 Å². The first-order chi connectivity index (χ1) is 14.0. The Kier molecular flexibility index (Phi) is 5.29. The summed E-state index contributed by atoms with van der Waals surface area (Å²) in [6, 6.07) is 21.4. The molecule has 0 bridgehead atoms. The van der Waals surface area contributed by atoms with Gasteiger partial charge >= 0.3 is 0 Å². The topological polar surface area (TPSA) is 66.9 Å². The lowest BCUT2D eigenvalue weighted by atomic mass is 10.1. The monoisotopic (exact) mass is 421 g/mol. The minimum atomic E-state index is -0.242. The molecule has 7 heteroatoms. The summed E-state index contributed by atoms with van der Waals surface area (Å²) >= 11 is 11.3. The van der Waals surface area contributed by atoms with E-state index in [0.29, 0.717) is 33.7 Å². The minimum Gasteiger partial charge on any atom is -0.348 e. The molecule has 0 saturated heterocycles. The van der Waals surface area contributed by atoms with Crippen molar-refractivity contribution in [2.45, 2.75) is 6.54 Å². The minimum absolute atomic E-state index is 0.233. The van der Waals surface area contributed by atoms with Crippen LogP contribution in [0.25, 0.3) is 16.6 Å². The molecule has 1 heterocycles. The fourth-order valence-corrected chi connectivity index (χ4v) is 3.48. The Morgan fingerprint density at radius 2 is 1.76 bits per heavy atom. The van der Waals surface area contributed by atoms with Crippen molar-refractivity contribution in [3.8, 4) is 5.69 Å². The fraction of sp³-hybridized carbons (Fsp3) is 0.0455. The summed E-state index contributed by atoms with van der Waals surface area (Å²) in [5.74, 6) is -0.242. The molecule has 1 amide bonds. The van der Waals surface area contributed by atoms with Crippen LogP contribution in [0, 0.1) is 4.77 Å². The predicted molar refractivity (Wildman–Crippen MR) is 117 cm³/mol. The van der Waals surface area contributed by atoms with E-state index in [1.807, 2.05) is 42.5 Å². The normalized spacial score (nSPS) is 10.8. The average Bonchev–Trinajstić information content (AvgIpc) is 2.73. The summed E-state index contributed by atoms with van der Waals surface area (Å²) in [4.78, 5) is 28.5. The number of aromatic amines is 1. The smallest absolute Gasteiger partial charge is 0.266 e. The van der Waals surface area contributed by atoms with Crippen LogP contribution in [0.15, 0.2) is 77.6 Å². The summed E-state index contributed by atoms with van der Waals surface area (Å²) in [7, 11) is 0. The number of nitrogens with zero attached hydrogens (tertiary/aromatic N) is 1. The van der Waals surface area contributed by atoms with E-state index in [9.17, 15) is 9.59 Å². The number of para-hydroxylation sites is 1. The van der Waals surface area contributed by atoms with Gasteiger partial charge in [0.25, 0.3) is 11.5 Å². The fourth-order valence-electron chi connectivity index (χ4n) is 3.06. The number of rotatable bonds is 4. The number of carbonyl (C=O) groups excluding carboxylic acids is 1. The van der Waals surface area contributed by atoms with Crippen molar-refractivity contribution in [2.24, 2.45) is 0 Å². The molecule has 0 atom stereocenters. The largest absolute Gasteiger partial charge is 0.348 e. The Morgan fingerprint density at radius 3 is 2.48 bits per heavy atom. The Bertz CT molecular complexity index is 1310. The Labute approximate surface area is 176 Å². The molecule has 3 aromatic carbocycles. The van der Waals surface area contributed by atoms with Gasteiger partial charge in [-0.2, -0.15) is 0 Å². The molecule has 5 nitrogen and oxygen atoms in total. The van der Waals surface area contributed by atoms with E-state index < -0.39 is 0 Å². The Balaban J connectivity index is 1.64. The number of aromatic nitrogens is 2. The molecular weight excluding hydrogens is 406 g/mol. The van der Waals surface area contributed by atoms with Gasteiger partial charge in [0.15, 0.2) is 4.77 Å². The lowest BCUT2D eigenvalue weighted by Gasteiger charge is -2.10. The number of benzene rings is 3. The van der Waals surface area contributed by atoms with Crippen LogP contribution in [0.1, 0.15) is 15.9 Å². The molecule has 0 saturated carbocycles. The molecule has 0 aliphatic rings. The highest BCUT2D eigenvalue weighted by atomic mass is 35.5. The zero-order valence-corrected chi connectivity index (χ0v) is 16.8. The molecular formula is C22H16ClN3O2S. The molecule has 1 aromatic heterocycles. The van der Waals surface area contributed by atoms with Crippen molar-refractivity contribution in [1.82, 2.24) is 14.9 Å². The molecule has 2 N–H and O–H groups in total. The maximum absolute atomic E-state index is 12.9. The lowest BCUT2D eigenvalue weighted by molar-refractivity contribution is 0.0951. The Hall–Kier alpha value is -3.22. The molecule has 0 spiro atoms. The molecule has 0 fully saturated rings. The number of hydrogen-bond donors (Lipinski definition) is 2. The van der Waals surface area contributed by atoms with Gasteiger partial charge in [0, 0.05) is 17.1 Å². The number of fused-ring (bicyclic) bond motifs is 1. The van der Waals surface area contributed by atoms with Crippen molar-refractivity contribution >= 4 is 40.6 Å². The highest BCUT2D eigenvalue weighted by molar-refractivity contribution is 7.71. The van der Waals surface area contributed by atoms with E-state index in [2.05, 4.69) is 10.3 Å². The second-order valence-electron chi connectivity index (χ2n) is 6.48. The van der Waals surface area contributed by atoms with Gasteiger partial charge in [-0.05, 0) is 60.2 Å². The maximum atomic E-state index is 12.9. The third-order valence-electron chi connectivity index (χ3n) is 4.54.